The second kappa shape index (κ2) is 6.94. The fourth-order valence-corrected chi connectivity index (χ4v) is 3.01. The minimum Gasteiger partial charge on any atom is -0.307 e. The number of hydrogen-bond acceptors (Lipinski definition) is 3. The summed E-state index contributed by atoms with van der Waals surface area (Å²) in [7, 11) is 1.89. The second-order valence-corrected chi connectivity index (χ2v) is 6.28. The lowest BCUT2D eigenvalue weighted by Gasteiger charge is -2.17. The smallest absolute Gasteiger partial charge is 0.307 e. The fourth-order valence-electron chi connectivity index (χ4n) is 3.01. The normalized spacial score (nSPS) is 19.1. The minimum absolute atomic E-state index is 0.390. The third-order valence-corrected chi connectivity index (χ3v) is 4.30. The van der Waals surface area contributed by atoms with Crippen molar-refractivity contribution >= 4 is 0 Å². The molecule has 0 radical (unpaired) electrons. The quantitative estimate of drug-likeness (QED) is 0.910. The summed E-state index contributed by atoms with van der Waals surface area (Å²) in [5.41, 5.74) is 1.33. The summed E-state index contributed by atoms with van der Waals surface area (Å²) in [5.74, 6) is 0. The topological polar surface area (TPSA) is 33.1 Å². The van der Waals surface area contributed by atoms with Gasteiger partial charge in [-0.2, -0.15) is 18.3 Å². The zero-order chi connectivity index (χ0) is 17.2. The van der Waals surface area contributed by atoms with Crippen molar-refractivity contribution in [3.63, 3.8) is 0 Å². The van der Waals surface area contributed by atoms with E-state index in [1.54, 1.807) is 16.8 Å². The molecule has 2 heterocycles. The molecule has 1 aliphatic rings. The summed E-state index contributed by atoms with van der Waals surface area (Å²) < 4.78 is 39.5. The van der Waals surface area contributed by atoms with E-state index in [-0.39, 0.29) is 0 Å². The molecule has 0 aliphatic carbocycles. The molecule has 130 valence electrons. The van der Waals surface area contributed by atoms with E-state index in [1.807, 2.05) is 19.3 Å². The number of halogens is 3. The number of benzene rings is 1. The van der Waals surface area contributed by atoms with Gasteiger partial charge in [0.2, 0.25) is 0 Å². The summed E-state index contributed by atoms with van der Waals surface area (Å²) in [6, 6.07) is 7.82. The van der Waals surface area contributed by atoms with Gasteiger partial charge in [-0.3, -0.25) is 9.58 Å². The van der Waals surface area contributed by atoms with Crippen LogP contribution in [0.4, 0.5) is 13.2 Å². The Morgan fingerprint density at radius 2 is 1.96 bits per heavy atom. The Morgan fingerprint density at radius 3 is 2.58 bits per heavy atom. The highest BCUT2D eigenvalue weighted by molar-refractivity contribution is 5.24. The molecular formula is C17H21F3N4. The number of alkyl halides is 3. The standard InChI is InChI=1S/C17H21F3N4/c1-23-8-6-15(22-23)10-21-16-7-9-24(12-16)11-13-2-4-14(5-3-13)17(18,19)20/h2-6,8,16,21H,7,9-12H2,1H3/t16-/m1/s1. The van der Waals surface area contributed by atoms with Gasteiger partial charge in [0.25, 0.3) is 0 Å². The van der Waals surface area contributed by atoms with Crippen LogP contribution >= 0.6 is 0 Å². The first kappa shape index (κ1) is 17.0. The van der Waals surface area contributed by atoms with E-state index < -0.39 is 11.7 Å². The van der Waals surface area contributed by atoms with Gasteiger partial charge in [-0.25, -0.2) is 0 Å². The van der Waals surface area contributed by atoms with Gasteiger partial charge in [0.05, 0.1) is 11.3 Å². The SMILES string of the molecule is Cn1ccc(CN[C@@H]2CCN(Cc3ccc(C(F)(F)F)cc3)C2)n1. The van der Waals surface area contributed by atoms with Crippen LogP contribution in [0.1, 0.15) is 23.2 Å². The number of aromatic nitrogens is 2. The van der Waals surface area contributed by atoms with Crippen molar-refractivity contribution in [1.82, 2.24) is 20.0 Å². The maximum Gasteiger partial charge on any atom is 0.416 e. The summed E-state index contributed by atoms with van der Waals surface area (Å²) in [4.78, 5) is 2.26. The van der Waals surface area contributed by atoms with Crippen molar-refractivity contribution in [1.29, 1.82) is 0 Å². The van der Waals surface area contributed by atoms with E-state index in [9.17, 15) is 13.2 Å². The fraction of sp³-hybridized carbons (Fsp3) is 0.471. The van der Waals surface area contributed by atoms with Crippen molar-refractivity contribution in [2.24, 2.45) is 7.05 Å². The first-order valence-corrected chi connectivity index (χ1v) is 8.00. The molecule has 1 atom stereocenters. The van der Waals surface area contributed by atoms with Crippen LogP contribution < -0.4 is 5.32 Å². The maximum atomic E-state index is 12.6. The first-order valence-electron chi connectivity index (χ1n) is 8.00. The van der Waals surface area contributed by atoms with Gasteiger partial charge in [0.15, 0.2) is 0 Å². The van der Waals surface area contributed by atoms with E-state index in [2.05, 4.69) is 15.3 Å². The van der Waals surface area contributed by atoms with Crippen molar-refractivity contribution in [3.05, 3.63) is 53.3 Å². The molecule has 1 saturated heterocycles. The molecule has 1 aromatic carbocycles. The van der Waals surface area contributed by atoms with Crippen molar-refractivity contribution in [2.45, 2.75) is 31.7 Å². The summed E-state index contributed by atoms with van der Waals surface area (Å²) in [5, 5.41) is 7.82. The Labute approximate surface area is 139 Å². The number of nitrogens with one attached hydrogen (secondary N) is 1. The molecule has 1 N–H and O–H groups in total. The molecule has 4 nitrogen and oxygen atoms in total. The summed E-state index contributed by atoms with van der Waals surface area (Å²) in [6.07, 6.45) is -1.32. The molecule has 0 amide bonds. The molecule has 3 rings (SSSR count). The van der Waals surface area contributed by atoms with E-state index in [0.29, 0.717) is 12.6 Å². The van der Waals surface area contributed by atoms with Gasteiger partial charge in [-0.05, 0) is 30.2 Å². The average Bonchev–Trinajstić information content (AvgIpc) is 3.14. The zero-order valence-electron chi connectivity index (χ0n) is 13.6. The van der Waals surface area contributed by atoms with Crippen molar-refractivity contribution < 1.29 is 13.2 Å². The van der Waals surface area contributed by atoms with Crippen LogP contribution in [0.15, 0.2) is 36.5 Å². The molecular weight excluding hydrogens is 317 g/mol. The predicted octanol–water partition coefficient (Wildman–Crippen LogP) is 2.80. The van der Waals surface area contributed by atoms with E-state index in [0.717, 1.165) is 49.4 Å². The first-order chi connectivity index (χ1) is 11.4. The summed E-state index contributed by atoms with van der Waals surface area (Å²) in [6.45, 7) is 3.26. The van der Waals surface area contributed by atoms with Crippen LogP contribution in [0.3, 0.4) is 0 Å². The maximum absolute atomic E-state index is 12.6. The van der Waals surface area contributed by atoms with Crippen LogP contribution in [0, 0.1) is 0 Å². The monoisotopic (exact) mass is 338 g/mol. The Kier molecular flexibility index (Phi) is 4.91. The Balaban J connectivity index is 1.47. The molecule has 1 fully saturated rings. The van der Waals surface area contributed by atoms with Gasteiger partial charge in [0, 0.05) is 45.5 Å². The number of likely N-dealkylation sites (tertiary alicyclic amines) is 1. The third-order valence-electron chi connectivity index (χ3n) is 4.30. The minimum atomic E-state index is -4.27. The highest BCUT2D eigenvalue weighted by Gasteiger charge is 2.30. The Morgan fingerprint density at radius 1 is 1.21 bits per heavy atom. The second-order valence-electron chi connectivity index (χ2n) is 6.28. The molecule has 0 saturated carbocycles. The molecule has 7 heteroatoms. The molecule has 0 bridgehead atoms. The molecule has 24 heavy (non-hydrogen) atoms. The van der Waals surface area contributed by atoms with E-state index in [1.165, 1.54) is 0 Å². The Bertz CT molecular complexity index is 663. The number of hydrogen-bond donors (Lipinski definition) is 1. The summed E-state index contributed by atoms with van der Waals surface area (Å²) >= 11 is 0. The molecule has 0 unspecified atom stereocenters. The highest BCUT2D eigenvalue weighted by Crippen LogP contribution is 2.29. The van der Waals surface area contributed by atoms with Crippen LogP contribution in [-0.2, 0) is 26.3 Å². The lowest BCUT2D eigenvalue weighted by molar-refractivity contribution is -0.137. The van der Waals surface area contributed by atoms with Gasteiger partial charge in [-0.15, -0.1) is 0 Å². The molecule has 0 spiro atoms. The third kappa shape index (κ3) is 4.36. The molecule has 1 aromatic heterocycles. The van der Waals surface area contributed by atoms with Crippen molar-refractivity contribution in [2.75, 3.05) is 13.1 Å². The Hall–Kier alpha value is -1.86. The van der Waals surface area contributed by atoms with Gasteiger partial charge < -0.3 is 5.32 Å². The lowest BCUT2D eigenvalue weighted by atomic mass is 10.1. The van der Waals surface area contributed by atoms with Gasteiger partial charge >= 0.3 is 6.18 Å². The van der Waals surface area contributed by atoms with Crippen LogP contribution in [-0.4, -0.2) is 33.8 Å². The van der Waals surface area contributed by atoms with Gasteiger partial charge in [0.1, 0.15) is 0 Å². The molecule has 2 aromatic rings. The van der Waals surface area contributed by atoms with Gasteiger partial charge in [-0.1, -0.05) is 12.1 Å². The highest BCUT2D eigenvalue weighted by atomic mass is 19.4. The number of rotatable bonds is 5. The number of aryl methyl sites for hydroxylation is 1. The zero-order valence-corrected chi connectivity index (χ0v) is 13.6. The van der Waals surface area contributed by atoms with Crippen molar-refractivity contribution in [3.8, 4) is 0 Å². The van der Waals surface area contributed by atoms with E-state index in [4.69, 9.17) is 0 Å². The number of nitrogens with zero attached hydrogens (tertiary/aromatic N) is 3. The molecule has 1 aliphatic heterocycles. The van der Waals surface area contributed by atoms with Crippen LogP contribution in [0.25, 0.3) is 0 Å². The lowest BCUT2D eigenvalue weighted by Crippen LogP contribution is -2.32. The average molecular weight is 338 g/mol. The van der Waals surface area contributed by atoms with E-state index >= 15 is 0 Å². The largest absolute Gasteiger partial charge is 0.416 e. The van der Waals surface area contributed by atoms with Crippen LogP contribution in [0.5, 0.6) is 0 Å². The van der Waals surface area contributed by atoms with Crippen LogP contribution in [0.2, 0.25) is 0 Å². The predicted molar refractivity (Wildman–Crippen MR) is 85.2 cm³/mol.